The second kappa shape index (κ2) is 11.3. The van der Waals surface area contributed by atoms with E-state index in [4.69, 9.17) is 10.5 Å². The van der Waals surface area contributed by atoms with E-state index in [2.05, 4.69) is 10.3 Å². The van der Waals surface area contributed by atoms with Gasteiger partial charge in [0.15, 0.2) is 0 Å². The molecule has 7 nitrogen and oxygen atoms in total. The van der Waals surface area contributed by atoms with E-state index >= 15 is 0 Å². The number of amides is 2. The van der Waals surface area contributed by atoms with Crippen molar-refractivity contribution in [3.63, 3.8) is 0 Å². The molecule has 0 bridgehead atoms. The van der Waals surface area contributed by atoms with Crippen LogP contribution >= 0.6 is 0 Å². The van der Waals surface area contributed by atoms with Crippen LogP contribution in [-0.4, -0.2) is 22.4 Å². The number of ether oxygens (including phenoxy) is 1. The fourth-order valence-corrected chi connectivity index (χ4v) is 3.97. The maximum Gasteiger partial charge on any atom is 0.435 e. The Hall–Kier alpha value is -4.72. The van der Waals surface area contributed by atoms with Crippen LogP contribution < -0.4 is 11.1 Å². The molecule has 1 aromatic heterocycles. The second-order valence-electron chi connectivity index (χ2n) is 8.51. The number of rotatable bonds is 7. The van der Waals surface area contributed by atoms with Crippen LogP contribution in [0, 0.1) is 19.7 Å². The van der Waals surface area contributed by atoms with Crippen LogP contribution in [-0.2, 0) is 17.9 Å². The number of hydrogen-bond acceptors (Lipinski definition) is 3. The van der Waals surface area contributed by atoms with Crippen molar-refractivity contribution in [3.8, 4) is 5.69 Å². The summed E-state index contributed by atoms with van der Waals surface area (Å²) in [5.74, 6) is -0.485. The molecule has 3 aromatic carbocycles. The van der Waals surface area contributed by atoms with Crippen LogP contribution in [0.1, 0.15) is 38.4 Å². The largest absolute Gasteiger partial charge is 0.443 e. The Morgan fingerprint density at radius 1 is 0.946 bits per heavy atom. The van der Waals surface area contributed by atoms with Crippen LogP contribution in [0.25, 0.3) is 5.69 Å². The summed E-state index contributed by atoms with van der Waals surface area (Å²) in [5.41, 5.74) is 11.2. The molecule has 3 N–H and O–H groups in total. The molecule has 4 rings (SSSR count). The van der Waals surface area contributed by atoms with Gasteiger partial charge in [-0.25, -0.2) is 9.18 Å². The van der Waals surface area contributed by atoms with Crippen molar-refractivity contribution in [2.45, 2.75) is 27.0 Å². The number of nitrogens with zero attached hydrogens (tertiary/aromatic N) is 2. The van der Waals surface area contributed by atoms with E-state index in [-0.39, 0.29) is 24.2 Å². The van der Waals surface area contributed by atoms with E-state index in [0.717, 1.165) is 28.2 Å². The lowest BCUT2D eigenvalue weighted by molar-refractivity contribution is 0.0950. The Balaban J connectivity index is 1.35. The van der Waals surface area contributed by atoms with E-state index in [0.29, 0.717) is 17.7 Å². The molecule has 0 radical (unpaired) electrons. The highest BCUT2D eigenvalue weighted by atomic mass is 19.1. The molecule has 0 unspecified atom stereocenters. The van der Waals surface area contributed by atoms with Gasteiger partial charge in [0, 0.05) is 29.2 Å². The minimum absolute atomic E-state index is 0.0434. The summed E-state index contributed by atoms with van der Waals surface area (Å²) in [6, 6.07) is 24.3. The summed E-state index contributed by atoms with van der Waals surface area (Å²) in [7, 11) is 0. The number of hydrogen-bond donors (Lipinski definition) is 2. The SMILES string of the molecule is Cc1cc(C(=O)NCc2ccc(C(N)=NC(=O)OCc3ccccc3)cc2)c(C)n1-c1ccc(F)cc1. The van der Waals surface area contributed by atoms with Crippen molar-refractivity contribution in [1.82, 2.24) is 9.88 Å². The first-order valence-corrected chi connectivity index (χ1v) is 11.7. The lowest BCUT2D eigenvalue weighted by Crippen LogP contribution is -2.23. The van der Waals surface area contributed by atoms with Gasteiger partial charge in [0.25, 0.3) is 5.91 Å². The highest BCUT2D eigenvalue weighted by Crippen LogP contribution is 2.21. The Kier molecular flexibility index (Phi) is 7.78. The Bertz CT molecular complexity index is 1430. The van der Waals surface area contributed by atoms with Crippen molar-refractivity contribution >= 4 is 17.8 Å². The smallest absolute Gasteiger partial charge is 0.435 e. The molecule has 37 heavy (non-hydrogen) atoms. The van der Waals surface area contributed by atoms with E-state index in [1.807, 2.05) is 54.8 Å². The first-order chi connectivity index (χ1) is 17.8. The number of aromatic nitrogens is 1. The van der Waals surface area contributed by atoms with E-state index in [1.165, 1.54) is 12.1 Å². The zero-order valence-electron chi connectivity index (χ0n) is 20.6. The van der Waals surface area contributed by atoms with Crippen molar-refractivity contribution in [2.75, 3.05) is 0 Å². The maximum atomic E-state index is 13.3. The summed E-state index contributed by atoms with van der Waals surface area (Å²) in [6.45, 7) is 4.17. The van der Waals surface area contributed by atoms with Gasteiger partial charge in [0.1, 0.15) is 18.3 Å². The van der Waals surface area contributed by atoms with E-state index in [9.17, 15) is 14.0 Å². The molecule has 0 aliphatic rings. The molecular formula is C29H27FN4O3. The van der Waals surface area contributed by atoms with Gasteiger partial charge in [-0.2, -0.15) is 4.99 Å². The van der Waals surface area contributed by atoms with E-state index < -0.39 is 6.09 Å². The third-order valence-electron chi connectivity index (χ3n) is 5.88. The van der Waals surface area contributed by atoms with Crippen LogP contribution in [0.15, 0.2) is 89.9 Å². The van der Waals surface area contributed by atoms with Crippen LogP contribution in [0.2, 0.25) is 0 Å². The zero-order chi connectivity index (χ0) is 26.4. The first-order valence-electron chi connectivity index (χ1n) is 11.7. The van der Waals surface area contributed by atoms with Crippen molar-refractivity contribution < 1.29 is 18.7 Å². The average Bonchev–Trinajstić information content (AvgIpc) is 3.21. The fourth-order valence-electron chi connectivity index (χ4n) is 3.97. The lowest BCUT2D eigenvalue weighted by atomic mass is 10.1. The van der Waals surface area contributed by atoms with Crippen LogP contribution in [0.3, 0.4) is 0 Å². The Labute approximate surface area is 214 Å². The predicted molar refractivity (Wildman–Crippen MR) is 140 cm³/mol. The molecule has 0 atom stereocenters. The van der Waals surface area contributed by atoms with Gasteiger partial charge in [0.05, 0.1) is 5.56 Å². The molecular weight excluding hydrogens is 471 g/mol. The minimum atomic E-state index is -0.768. The van der Waals surface area contributed by atoms with Gasteiger partial charge >= 0.3 is 6.09 Å². The predicted octanol–water partition coefficient (Wildman–Crippen LogP) is 5.21. The van der Waals surface area contributed by atoms with Gasteiger partial charge in [-0.15, -0.1) is 0 Å². The number of aryl methyl sites for hydroxylation is 1. The number of carbonyl (C=O) groups excluding carboxylic acids is 2. The molecule has 8 heteroatoms. The Morgan fingerprint density at radius 2 is 1.62 bits per heavy atom. The van der Waals surface area contributed by atoms with Gasteiger partial charge in [-0.3, -0.25) is 4.79 Å². The van der Waals surface area contributed by atoms with E-state index in [1.54, 1.807) is 36.4 Å². The number of nitrogens with one attached hydrogen (secondary N) is 1. The number of halogens is 1. The van der Waals surface area contributed by atoms with Crippen molar-refractivity contribution in [2.24, 2.45) is 10.7 Å². The molecule has 0 fully saturated rings. The van der Waals surface area contributed by atoms with Gasteiger partial charge < -0.3 is 20.4 Å². The quantitative estimate of drug-likeness (QED) is 0.270. The molecule has 0 saturated carbocycles. The summed E-state index contributed by atoms with van der Waals surface area (Å²) >= 11 is 0. The molecule has 188 valence electrons. The number of aliphatic imine (C=N–C) groups is 1. The fraction of sp³-hybridized carbons (Fsp3) is 0.138. The number of carbonyl (C=O) groups is 2. The number of nitrogens with two attached hydrogens (primary N) is 1. The number of benzene rings is 3. The highest BCUT2D eigenvalue weighted by molar-refractivity contribution is 6.02. The Morgan fingerprint density at radius 3 is 2.30 bits per heavy atom. The average molecular weight is 499 g/mol. The third kappa shape index (κ3) is 6.29. The molecule has 0 aliphatic heterocycles. The standard InChI is InChI=1S/C29H27FN4O3/c1-19-16-26(20(2)34(19)25-14-12-24(30)13-15-25)28(35)32-17-21-8-10-23(11-9-21)27(31)33-29(36)37-18-22-6-4-3-5-7-22/h3-16H,17-18H2,1-2H3,(H,32,35)(H2,31,33,36). The summed E-state index contributed by atoms with van der Waals surface area (Å²) < 4.78 is 20.4. The molecule has 4 aromatic rings. The van der Waals surface area contributed by atoms with Crippen LogP contribution in [0.5, 0.6) is 0 Å². The zero-order valence-corrected chi connectivity index (χ0v) is 20.6. The molecule has 0 aliphatic carbocycles. The number of amidine groups is 1. The highest BCUT2D eigenvalue weighted by Gasteiger charge is 2.16. The molecule has 1 heterocycles. The molecule has 0 spiro atoms. The minimum Gasteiger partial charge on any atom is -0.443 e. The normalized spacial score (nSPS) is 11.3. The van der Waals surface area contributed by atoms with Crippen LogP contribution in [0.4, 0.5) is 9.18 Å². The van der Waals surface area contributed by atoms with Gasteiger partial charge in [-0.05, 0) is 55.3 Å². The van der Waals surface area contributed by atoms with Crippen molar-refractivity contribution in [3.05, 3.63) is 124 Å². The van der Waals surface area contributed by atoms with Crippen molar-refractivity contribution in [1.29, 1.82) is 0 Å². The first kappa shape index (κ1) is 25.4. The summed E-state index contributed by atoms with van der Waals surface area (Å²) in [5, 5.41) is 2.92. The summed E-state index contributed by atoms with van der Waals surface area (Å²) in [6.07, 6.45) is -0.768. The maximum absolute atomic E-state index is 13.3. The third-order valence-corrected chi connectivity index (χ3v) is 5.88. The summed E-state index contributed by atoms with van der Waals surface area (Å²) in [4.78, 5) is 28.7. The molecule has 2 amide bonds. The topological polar surface area (TPSA) is 98.7 Å². The lowest BCUT2D eigenvalue weighted by Gasteiger charge is -2.10. The monoisotopic (exact) mass is 498 g/mol. The molecule has 0 saturated heterocycles. The second-order valence-corrected chi connectivity index (χ2v) is 8.51. The van der Waals surface area contributed by atoms with Gasteiger partial charge in [0.2, 0.25) is 0 Å². The van der Waals surface area contributed by atoms with Gasteiger partial charge in [-0.1, -0.05) is 54.6 Å².